The lowest BCUT2D eigenvalue weighted by Gasteiger charge is -2.49. The highest BCUT2D eigenvalue weighted by molar-refractivity contribution is 6.78. The van der Waals surface area contributed by atoms with Gasteiger partial charge in [-0.3, -0.25) is 0 Å². The molecule has 72 valence electrons. The second-order valence-corrected chi connectivity index (χ2v) is 9.88. The van der Waals surface area contributed by atoms with Crippen LogP contribution in [0.3, 0.4) is 0 Å². The highest BCUT2D eigenvalue weighted by atomic mass is 28.3. The van der Waals surface area contributed by atoms with Crippen LogP contribution in [-0.4, -0.2) is 19.9 Å². The van der Waals surface area contributed by atoms with Crippen molar-refractivity contribution in [1.82, 2.24) is 0 Å². The summed E-state index contributed by atoms with van der Waals surface area (Å²) in [7, 11) is -2.13. The van der Waals surface area contributed by atoms with Crippen molar-refractivity contribution >= 4 is 8.07 Å². The quantitative estimate of drug-likeness (QED) is 0.449. The Kier molecular flexibility index (Phi) is 1.87. The number of hydrogen-bond acceptors (Lipinski definition) is 0. The minimum atomic E-state index is -3.75. The van der Waals surface area contributed by atoms with Crippen molar-refractivity contribution in [2.75, 3.05) is 0 Å². The number of rotatable bonds is 1. The lowest BCUT2D eigenvalue weighted by molar-refractivity contribution is -0.275. The van der Waals surface area contributed by atoms with Crippen LogP contribution in [0.4, 0.5) is 17.6 Å². The predicted octanol–water partition coefficient (Wildman–Crippen LogP) is 3.37. The summed E-state index contributed by atoms with van der Waals surface area (Å²) in [5.41, 5.74) is -1.06. The highest BCUT2D eigenvalue weighted by Crippen LogP contribution is 2.62. The van der Waals surface area contributed by atoms with Crippen LogP contribution >= 0.6 is 0 Å². The Morgan fingerprint density at radius 2 is 1.50 bits per heavy atom. The van der Waals surface area contributed by atoms with Crippen LogP contribution in [-0.2, 0) is 0 Å². The molecule has 0 bridgehead atoms. The smallest absolute Gasteiger partial charge is 0.200 e. The second-order valence-electron chi connectivity index (χ2n) is 4.45. The average Bonchev–Trinajstić information content (AvgIpc) is 1.81. The van der Waals surface area contributed by atoms with E-state index < -0.39 is 31.9 Å². The largest absolute Gasteiger partial charge is 0.310 e. The fourth-order valence-electron chi connectivity index (χ4n) is 1.49. The third-order valence-electron chi connectivity index (χ3n) is 2.43. The first-order chi connectivity index (χ1) is 5.09. The Morgan fingerprint density at radius 3 is 1.58 bits per heavy atom. The molecule has 0 aromatic heterocycles. The van der Waals surface area contributed by atoms with Crippen molar-refractivity contribution in [3.05, 3.63) is 0 Å². The summed E-state index contributed by atoms with van der Waals surface area (Å²) in [6.07, 6.45) is -0.629. The Bertz CT molecular complexity index is 194. The van der Waals surface area contributed by atoms with Crippen LogP contribution in [0.15, 0.2) is 0 Å². The summed E-state index contributed by atoms with van der Waals surface area (Å²) in [4.78, 5) is 0. The molecule has 0 amide bonds. The van der Waals surface area contributed by atoms with E-state index in [1.54, 1.807) is 19.6 Å². The molecule has 0 aromatic carbocycles. The van der Waals surface area contributed by atoms with Crippen molar-refractivity contribution in [3.8, 4) is 0 Å². The molecule has 5 heteroatoms. The van der Waals surface area contributed by atoms with Gasteiger partial charge in [-0.2, -0.15) is 17.6 Å². The van der Waals surface area contributed by atoms with E-state index in [1.807, 2.05) is 0 Å². The summed E-state index contributed by atoms with van der Waals surface area (Å²) in [6.45, 7) is 5.09. The molecule has 0 radical (unpaired) electrons. The minimum Gasteiger partial charge on any atom is -0.200 e. The molecule has 0 aliphatic heterocycles. The molecule has 0 heterocycles. The summed E-state index contributed by atoms with van der Waals surface area (Å²) in [5.74, 6) is -7.50. The van der Waals surface area contributed by atoms with E-state index in [1.165, 1.54) is 0 Å². The maximum atomic E-state index is 12.8. The van der Waals surface area contributed by atoms with Crippen molar-refractivity contribution in [2.24, 2.45) is 0 Å². The summed E-state index contributed by atoms with van der Waals surface area (Å²) in [6, 6.07) is 0. The molecule has 0 aromatic rings. The Hall–Kier alpha value is -0.0631. The summed E-state index contributed by atoms with van der Waals surface area (Å²) < 4.78 is 50.3. The van der Waals surface area contributed by atoms with Gasteiger partial charge < -0.3 is 0 Å². The molecule has 0 N–H and O–H groups in total. The third-order valence-corrected chi connectivity index (χ3v) is 5.09. The van der Waals surface area contributed by atoms with Gasteiger partial charge in [0.1, 0.15) is 0 Å². The lowest BCUT2D eigenvalue weighted by Crippen LogP contribution is -2.62. The van der Waals surface area contributed by atoms with E-state index in [9.17, 15) is 17.6 Å². The van der Waals surface area contributed by atoms with Crippen molar-refractivity contribution in [2.45, 2.75) is 43.4 Å². The maximum absolute atomic E-state index is 12.8. The third kappa shape index (κ3) is 1.18. The molecule has 1 unspecified atom stereocenters. The Labute approximate surface area is 70.0 Å². The van der Waals surface area contributed by atoms with Gasteiger partial charge in [-0.1, -0.05) is 19.6 Å². The molecular weight excluding hydrogens is 188 g/mol. The fourth-order valence-corrected chi connectivity index (χ4v) is 3.66. The van der Waals surface area contributed by atoms with Gasteiger partial charge in [-0.05, 0) is 0 Å². The highest BCUT2D eigenvalue weighted by Gasteiger charge is 2.73. The topological polar surface area (TPSA) is 0 Å². The van der Waals surface area contributed by atoms with Gasteiger partial charge in [0, 0.05) is 12.0 Å². The van der Waals surface area contributed by atoms with Crippen molar-refractivity contribution in [3.63, 3.8) is 0 Å². The summed E-state index contributed by atoms with van der Waals surface area (Å²) >= 11 is 0. The van der Waals surface area contributed by atoms with Crippen LogP contribution in [0.5, 0.6) is 0 Å². The lowest BCUT2D eigenvalue weighted by atomic mass is 9.88. The molecular formula is C7H12F4Si. The van der Waals surface area contributed by atoms with E-state index >= 15 is 0 Å². The zero-order valence-electron chi connectivity index (χ0n) is 7.30. The zero-order valence-corrected chi connectivity index (χ0v) is 8.30. The second kappa shape index (κ2) is 2.24. The first kappa shape index (κ1) is 10.0. The van der Waals surface area contributed by atoms with Gasteiger partial charge in [0.2, 0.25) is 0 Å². The molecule has 0 saturated heterocycles. The molecule has 1 fully saturated rings. The number of alkyl halides is 4. The molecule has 1 rings (SSSR count). The van der Waals surface area contributed by atoms with Crippen LogP contribution in [0.1, 0.15) is 6.42 Å². The van der Waals surface area contributed by atoms with E-state index in [4.69, 9.17) is 0 Å². The van der Waals surface area contributed by atoms with Crippen LogP contribution in [0, 0.1) is 0 Å². The van der Waals surface area contributed by atoms with Crippen molar-refractivity contribution < 1.29 is 17.6 Å². The van der Waals surface area contributed by atoms with Crippen LogP contribution < -0.4 is 0 Å². The average molecular weight is 200 g/mol. The zero-order chi connectivity index (χ0) is 9.78. The minimum absolute atomic E-state index is 0.629. The van der Waals surface area contributed by atoms with Gasteiger partial charge in [0.25, 0.3) is 0 Å². The normalized spacial score (nSPS) is 32.8. The monoisotopic (exact) mass is 200 g/mol. The van der Waals surface area contributed by atoms with Crippen LogP contribution in [0.2, 0.25) is 25.2 Å². The Balaban J connectivity index is 2.80. The fraction of sp³-hybridized carbons (Fsp3) is 1.00. The van der Waals surface area contributed by atoms with Crippen LogP contribution in [0.25, 0.3) is 0 Å². The van der Waals surface area contributed by atoms with Gasteiger partial charge in [-0.25, -0.2) is 0 Å². The van der Waals surface area contributed by atoms with Gasteiger partial charge >= 0.3 is 11.8 Å². The first-order valence-electron chi connectivity index (χ1n) is 3.85. The number of hydrogen-bond donors (Lipinski definition) is 0. The van der Waals surface area contributed by atoms with E-state index in [-0.39, 0.29) is 0 Å². The maximum Gasteiger partial charge on any atom is 0.310 e. The van der Waals surface area contributed by atoms with E-state index in [0.717, 1.165) is 0 Å². The van der Waals surface area contributed by atoms with Gasteiger partial charge in [0.15, 0.2) is 0 Å². The van der Waals surface area contributed by atoms with Gasteiger partial charge in [0.05, 0.1) is 8.07 Å². The van der Waals surface area contributed by atoms with Crippen molar-refractivity contribution in [1.29, 1.82) is 0 Å². The van der Waals surface area contributed by atoms with E-state index in [0.29, 0.717) is 0 Å². The molecule has 1 saturated carbocycles. The standard InChI is InChI=1S/C7H12F4Si/c1-12(2,3)5-4-6(8,9)7(5,10)11/h5H,4H2,1-3H3. The number of halogens is 4. The summed E-state index contributed by atoms with van der Waals surface area (Å²) in [5, 5.41) is 0. The SMILES string of the molecule is C[Si](C)(C)C1CC(F)(F)C1(F)F. The molecule has 12 heavy (non-hydrogen) atoms. The molecule has 0 spiro atoms. The van der Waals surface area contributed by atoms with E-state index in [2.05, 4.69) is 0 Å². The first-order valence-corrected chi connectivity index (χ1v) is 7.42. The molecule has 1 aliphatic rings. The van der Waals surface area contributed by atoms with Gasteiger partial charge in [-0.15, -0.1) is 0 Å². The predicted molar refractivity (Wildman–Crippen MR) is 41.6 cm³/mol. The molecule has 1 atom stereocenters. The Morgan fingerprint density at radius 1 is 1.08 bits per heavy atom. The molecule has 0 nitrogen and oxygen atoms in total. The molecule has 1 aliphatic carbocycles.